The number of anilines is 2. The maximum atomic E-state index is 14.9. The molecule has 1 aromatic carbocycles. The molecule has 3 aromatic heterocycles. The predicted octanol–water partition coefficient (Wildman–Crippen LogP) is 4.36. The highest BCUT2D eigenvalue weighted by atomic mass is 19.4. The van der Waals surface area contributed by atoms with Crippen molar-refractivity contribution < 1.29 is 22.0 Å². The first-order chi connectivity index (χ1) is 18.3. The highest BCUT2D eigenvalue weighted by molar-refractivity contribution is 5.83. The molecule has 0 aliphatic carbocycles. The first kappa shape index (κ1) is 24.6. The van der Waals surface area contributed by atoms with Crippen molar-refractivity contribution in [2.24, 2.45) is 0 Å². The van der Waals surface area contributed by atoms with E-state index in [1.165, 1.54) is 6.07 Å². The van der Waals surface area contributed by atoms with E-state index in [0.29, 0.717) is 5.82 Å². The smallest absolute Gasteiger partial charge is 0.316 e. The summed E-state index contributed by atoms with van der Waals surface area (Å²) in [6.45, 7) is 4.57. The van der Waals surface area contributed by atoms with E-state index in [1.54, 1.807) is 12.3 Å². The molecule has 1 saturated heterocycles. The molecule has 1 atom stereocenters. The molecule has 0 amide bonds. The molecule has 13 heteroatoms. The van der Waals surface area contributed by atoms with Crippen LogP contribution in [0, 0.1) is 11.6 Å². The topological polar surface area (TPSA) is 83.8 Å². The molecular weight excluding hydrogens is 507 g/mol. The molecule has 0 unspecified atom stereocenters. The van der Waals surface area contributed by atoms with Gasteiger partial charge < -0.3 is 15.2 Å². The van der Waals surface area contributed by atoms with E-state index in [2.05, 4.69) is 35.5 Å². The van der Waals surface area contributed by atoms with Crippen LogP contribution in [0.15, 0.2) is 36.7 Å². The molecule has 4 aromatic rings. The molecule has 6 rings (SSSR count). The number of rotatable bonds is 5. The van der Waals surface area contributed by atoms with Crippen LogP contribution in [-0.2, 0) is 13.0 Å². The van der Waals surface area contributed by atoms with Crippen molar-refractivity contribution >= 4 is 22.8 Å². The Hall–Kier alpha value is -3.71. The second-order valence-electron chi connectivity index (χ2n) is 9.41. The summed E-state index contributed by atoms with van der Waals surface area (Å²) >= 11 is 0. The van der Waals surface area contributed by atoms with Gasteiger partial charge >= 0.3 is 6.18 Å². The summed E-state index contributed by atoms with van der Waals surface area (Å²) < 4.78 is 71.5. The molecule has 198 valence electrons. The number of pyridine rings is 1. The van der Waals surface area contributed by atoms with Crippen LogP contribution in [-0.4, -0.2) is 61.8 Å². The Morgan fingerprint density at radius 2 is 1.82 bits per heavy atom. The molecule has 0 bridgehead atoms. The SMILES string of the molecule is Fc1cnc(Nc2ccc(CN3CCNCC3)cn2)nc1-c1cc(F)c2nc3n(c2c1)[C@H](C(F)(F)F)CC3. The van der Waals surface area contributed by atoms with Crippen molar-refractivity contribution in [2.45, 2.75) is 31.6 Å². The Kier molecular flexibility index (Phi) is 6.19. The molecule has 0 saturated carbocycles. The number of alkyl halides is 3. The minimum absolute atomic E-state index is 0.0101. The van der Waals surface area contributed by atoms with Crippen molar-refractivity contribution in [3.63, 3.8) is 0 Å². The van der Waals surface area contributed by atoms with Crippen LogP contribution in [0.5, 0.6) is 0 Å². The van der Waals surface area contributed by atoms with Gasteiger partial charge in [-0.3, -0.25) is 4.90 Å². The van der Waals surface area contributed by atoms with Gasteiger partial charge in [0.25, 0.3) is 0 Å². The molecular formula is C25H23F5N8. The average Bonchev–Trinajstić information content (AvgIpc) is 3.47. The van der Waals surface area contributed by atoms with Crippen LogP contribution < -0.4 is 10.6 Å². The van der Waals surface area contributed by atoms with Crippen LogP contribution in [0.25, 0.3) is 22.3 Å². The first-order valence-corrected chi connectivity index (χ1v) is 12.2. The van der Waals surface area contributed by atoms with Gasteiger partial charge in [-0.1, -0.05) is 6.07 Å². The van der Waals surface area contributed by atoms with Crippen LogP contribution >= 0.6 is 0 Å². The quantitative estimate of drug-likeness (QED) is 0.371. The van der Waals surface area contributed by atoms with Crippen molar-refractivity contribution in [1.29, 1.82) is 0 Å². The van der Waals surface area contributed by atoms with Gasteiger partial charge in [0, 0.05) is 50.9 Å². The van der Waals surface area contributed by atoms with Gasteiger partial charge in [0.05, 0.1) is 11.7 Å². The van der Waals surface area contributed by atoms with Crippen molar-refractivity contribution in [2.75, 3.05) is 31.5 Å². The van der Waals surface area contributed by atoms with E-state index in [4.69, 9.17) is 0 Å². The fourth-order valence-corrected chi connectivity index (χ4v) is 5.03. The number of hydrogen-bond donors (Lipinski definition) is 2. The first-order valence-electron chi connectivity index (χ1n) is 12.2. The molecule has 0 radical (unpaired) electrons. The Morgan fingerprint density at radius 3 is 2.55 bits per heavy atom. The second-order valence-corrected chi connectivity index (χ2v) is 9.41. The van der Waals surface area contributed by atoms with Crippen LogP contribution in [0.2, 0.25) is 0 Å². The lowest BCUT2D eigenvalue weighted by Crippen LogP contribution is -2.42. The Morgan fingerprint density at radius 1 is 1.00 bits per heavy atom. The molecule has 0 spiro atoms. The van der Waals surface area contributed by atoms with E-state index in [9.17, 15) is 22.0 Å². The van der Waals surface area contributed by atoms with E-state index < -0.39 is 23.9 Å². The summed E-state index contributed by atoms with van der Waals surface area (Å²) in [5.74, 6) is -1.11. The number of benzene rings is 1. The Balaban J connectivity index is 1.28. The summed E-state index contributed by atoms with van der Waals surface area (Å²) in [5.41, 5.74) is 0.524. The van der Waals surface area contributed by atoms with Gasteiger partial charge in [-0.2, -0.15) is 13.2 Å². The monoisotopic (exact) mass is 530 g/mol. The summed E-state index contributed by atoms with van der Waals surface area (Å²) in [5, 5.41) is 6.21. The maximum Gasteiger partial charge on any atom is 0.409 e. The zero-order valence-electron chi connectivity index (χ0n) is 20.1. The average molecular weight is 531 g/mol. The number of nitrogens with zero attached hydrogens (tertiary/aromatic N) is 6. The third-order valence-electron chi connectivity index (χ3n) is 6.85. The normalized spacial score (nSPS) is 18.2. The third-order valence-corrected chi connectivity index (χ3v) is 6.85. The van der Waals surface area contributed by atoms with E-state index in [0.717, 1.165) is 55.1 Å². The maximum absolute atomic E-state index is 14.9. The summed E-state index contributed by atoms with van der Waals surface area (Å²) in [6, 6.07) is 4.17. The molecule has 2 aliphatic heterocycles. The fraction of sp³-hybridized carbons (Fsp3) is 0.360. The third kappa shape index (κ3) is 4.67. The number of aromatic nitrogens is 5. The van der Waals surface area contributed by atoms with E-state index in [-0.39, 0.29) is 46.9 Å². The number of aryl methyl sites for hydroxylation is 1. The molecule has 1 fully saturated rings. The standard InChI is InChI=1S/C25H23F5N8/c26-16-9-15(10-18-23(16)35-21-4-2-19(38(18)21)25(28,29)30)22-17(27)12-33-24(36-22)34-20-3-1-14(11-32-20)13-37-7-5-31-6-8-37/h1,3,9-12,19,31H,2,4-8,13H2,(H,32,33,34,36)/t19-/m0/s1. The number of nitrogens with one attached hydrogen (secondary N) is 2. The van der Waals surface area contributed by atoms with Gasteiger partial charge in [0.2, 0.25) is 5.95 Å². The largest absolute Gasteiger partial charge is 0.409 e. The van der Waals surface area contributed by atoms with Crippen molar-refractivity contribution in [3.8, 4) is 11.3 Å². The van der Waals surface area contributed by atoms with Crippen LogP contribution in [0.1, 0.15) is 23.9 Å². The highest BCUT2D eigenvalue weighted by Gasteiger charge is 2.45. The van der Waals surface area contributed by atoms with Gasteiger partial charge in [0.15, 0.2) is 11.6 Å². The Bertz CT molecular complexity index is 1480. The van der Waals surface area contributed by atoms with E-state index >= 15 is 0 Å². The fourth-order valence-electron chi connectivity index (χ4n) is 5.03. The Labute approximate surface area is 213 Å². The minimum atomic E-state index is -4.52. The zero-order chi connectivity index (χ0) is 26.4. The molecule has 38 heavy (non-hydrogen) atoms. The molecule has 2 aliphatic rings. The number of fused-ring (bicyclic) bond motifs is 3. The lowest BCUT2D eigenvalue weighted by atomic mass is 10.1. The lowest BCUT2D eigenvalue weighted by Gasteiger charge is -2.27. The summed E-state index contributed by atoms with van der Waals surface area (Å²) in [4.78, 5) is 18.9. The highest BCUT2D eigenvalue weighted by Crippen LogP contribution is 2.42. The van der Waals surface area contributed by atoms with Gasteiger partial charge in [-0.05, 0) is 30.2 Å². The summed E-state index contributed by atoms with van der Waals surface area (Å²) in [7, 11) is 0. The van der Waals surface area contributed by atoms with Crippen molar-refractivity contribution in [3.05, 3.63) is 59.7 Å². The van der Waals surface area contributed by atoms with Gasteiger partial charge in [-0.25, -0.2) is 28.7 Å². The molecule has 8 nitrogen and oxygen atoms in total. The second kappa shape index (κ2) is 9.55. The molecule has 2 N–H and O–H groups in total. The van der Waals surface area contributed by atoms with Crippen LogP contribution in [0.3, 0.4) is 0 Å². The van der Waals surface area contributed by atoms with E-state index in [1.807, 2.05) is 6.07 Å². The van der Waals surface area contributed by atoms with Crippen LogP contribution in [0.4, 0.5) is 33.7 Å². The lowest BCUT2D eigenvalue weighted by molar-refractivity contribution is -0.164. The van der Waals surface area contributed by atoms with Crippen molar-refractivity contribution in [1.82, 2.24) is 34.7 Å². The summed E-state index contributed by atoms with van der Waals surface area (Å²) in [6.07, 6.45) is -1.97. The van der Waals surface area contributed by atoms with Gasteiger partial charge in [0.1, 0.15) is 28.9 Å². The van der Waals surface area contributed by atoms with Gasteiger partial charge in [-0.15, -0.1) is 0 Å². The number of imidazole rings is 1. The number of halogens is 5. The zero-order valence-corrected chi connectivity index (χ0v) is 20.1. The predicted molar refractivity (Wildman–Crippen MR) is 130 cm³/mol. The molecule has 5 heterocycles. The minimum Gasteiger partial charge on any atom is -0.316 e. The number of piperazine rings is 1. The number of hydrogen-bond acceptors (Lipinski definition) is 7.